The van der Waals surface area contributed by atoms with Gasteiger partial charge in [-0.25, -0.2) is 0 Å². The third-order valence-electron chi connectivity index (χ3n) is 2.08. The minimum absolute atomic E-state index is 0.146. The molecule has 0 saturated carbocycles. The quantitative estimate of drug-likeness (QED) is 0.801. The lowest BCUT2D eigenvalue weighted by Crippen LogP contribution is -2.01. The summed E-state index contributed by atoms with van der Waals surface area (Å²) in [7, 11) is 0. The van der Waals surface area contributed by atoms with Crippen molar-refractivity contribution in [3.63, 3.8) is 0 Å². The van der Waals surface area contributed by atoms with E-state index in [1.807, 2.05) is 0 Å². The van der Waals surface area contributed by atoms with Crippen LogP contribution >= 0.6 is 11.6 Å². The van der Waals surface area contributed by atoms with Gasteiger partial charge in [0.25, 0.3) is 0 Å². The molecule has 14 heavy (non-hydrogen) atoms. The molecule has 3 nitrogen and oxygen atoms in total. The normalized spacial score (nSPS) is 11.0. The van der Waals surface area contributed by atoms with Crippen molar-refractivity contribution < 1.29 is 9.52 Å². The molecule has 1 heterocycles. The first-order valence-electron chi connectivity index (χ1n) is 4.33. The topological polar surface area (TPSA) is 59.4 Å². The molecule has 0 fully saturated rings. The third kappa shape index (κ3) is 1.35. The van der Waals surface area contributed by atoms with Gasteiger partial charge in [0.15, 0.2) is 11.3 Å². The molecule has 0 unspecified atom stereocenters. The van der Waals surface area contributed by atoms with Crippen molar-refractivity contribution in [2.24, 2.45) is 5.73 Å². The minimum atomic E-state index is 0.146. The maximum absolute atomic E-state index is 9.74. The third-order valence-corrected chi connectivity index (χ3v) is 2.38. The highest BCUT2D eigenvalue weighted by Crippen LogP contribution is 2.35. The Balaban J connectivity index is 2.67. The van der Waals surface area contributed by atoms with Gasteiger partial charge in [0, 0.05) is 6.42 Å². The fourth-order valence-electron chi connectivity index (χ4n) is 1.42. The number of hydrogen-bond donors (Lipinski definition) is 2. The van der Waals surface area contributed by atoms with Crippen LogP contribution < -0.4 is 5.73 Å². The Bertz CT molecular complexity index is 464. The van der Waals surface area contributed by atoms with Crippen LogP contribution in [0.1, 0.15) is 5.76 Å². The molecule has 0 spiro atoms. The summed E-state index contributed by atoms with van der Waals surface area (Å²) < 4.78 is 5.41. The van der Waals surface area contributed by atoms with E-state index >= 15 is 0 Å². The largest absolute Gasteiger partial charge is 0.504 e. The first-order valence-corrected chi connectivity index (χ1v) is 4.70. The van der Waals surface area contributed by atoms with Gasteiger partial charge in [0.2, 0.25) is 0 Å². The number of rotatable bonds is 2. The first kappa shape index (κ1) is 9.37. The lowest BCUT2D eigenvalue weighted by Gasteiger charge is -1.91. The average molecular weight is 212 g/mol. The molecule has 1 aromatic heterocycles. The summed E-state index contributed by atoms with van der Waals surface area (Å²) in [6, 6.07) is 5.26. The number of benzene rings is 1. The lowest BCUT2D eigenvalue weighted by atomic mass is 10.2. The molecule has 0 bridgehead atoms. The van der Waals surface area contributed by atoms with Crippen molar-refractivity contribution in [3.8, 4) is 5.75 Å². The zero-order valence-corrected chi connectivity index (χ0v) is 8.21. The minimum Gasteiger partial charge on any atom is -0.504 e. The molecule has 2 aromatic rings. The molecular formula is C10H10ClNO2. The number of nitrogens with two attached hydrogens (primary N) is 1. The molecule has 2 rings (SSSR count). The van der Waals surface area contributed by atoms with Gasteiger partial charge in [0.05, 0.1) is 10.4 Å². The molecule has 0 atom stereocenters. The molecule has 0 amide bonds. The maximum atomic E-state index is 9.74. The summed E-state index contributed by atoms with van der Waals surface area (Å²) in [6.45, 7) is 0.436. The number of para-hydroxylation sites is 1. The molecule has 0 radical (unpaired) electrons. The molecule has 4 heteroatoms. The van der Waals surface area contributed by atoms with E-state index in [0.29, 0.717) is 34.7 Å². The monoisotopic (exact) mass is 211 g/mol. The molecular weight excluding hydrogens is 202 g/mol. The van der Waals surface area contributed by atoms with Crippen molar-refractivity contribution in [2.75, 3.05) is 6.54 Å². The first-order chi connectivity index (χ1) is 6.74. The predicted octanol–water partition coefficient (Wildman–Crippen LogP) is 2.29. The molecule has 0 saturated heterocycles. The second-order valence-electron chi connectivity index (χ2n) is 3.03. The predicted molar refractivity (Wildman–Crippen MR) is 55.6 cm³/mol. The lowest BCUT2D eigenvalue weighted by molar-refractivity contribution is 0.441. The molecule has 74 valence electrons. The van der Waals surface area contributed by atoms with Gasteiger partial charge in [-0.15, -0.1) is 0 Å². The van der Waals surface area contributed by atoms with E-state index in [-0.39, 0.29) is 5.75 Å². The Morgan fingerprint density at radius 3 is 2.86 bits per heavy atom. The van der Waals surface area contributed by atoms with E-state index in [2.05, 4.69) is 0 Å². The Labute approximate surface area is 86.1 Å². The zero-order chi connectivity index (χ0) is 10.1. The van der Waals surface area contributed by atoms with Crippen LogP contribution in [0.2, 0.25) is 5.02 Å². The van der Waals surface area contributed by atoms with Crippen LogP contribution in [0.15, 0.2) is 22.6 Å². The van der Waals surface area contributed by atoms with Gasteiger partial charge in [-0.2, -0.15) is 0 Å². The van der Waals surface area contributed by atoms with E-state index in [1.54, 1.807) is 18.2 Å². The second kappa shape index (κ2) is 3.52. The van der Waals surface area contributed by atoms with Crippen LogP contribution in [0, 0.1) is 0 Å². The summed E-state index contributed by atoms with van der Waals surface area (Å²) in [5.41, 5.74) is 5.91. The van der Waals surface area contributed by atoms with Gasteiger partial charge in [0.1, 0.15) is 5.76 Å². The van der Waals surface area contributed by atoms with Gasteiger partial charge in [-0.05, 0) is 18.7 Å². The van der Waals surface area contributed by atoms with Crippen LogP contribution in [0.4, 0.5) is 0 Å². The van der Waals surface area contributed by atoms with Crippen LogP contribution in [0.3, 0.4) is 0 Å². The SMILES string of the molecule is NCCc1oc2c(Cl)cccc2c1O. The molecule has 1 aromatic carbocycles. The highest BCUT2D eigenvalue weighted by atomic mass is 35.5. The van der Waals surface area contributed by atoms with E-state index < -0.39 is 0 Å². The average Bonchev–Trinajstić information content (AvgIpc) is 2.48. The Morgan fingerprint density at radius 1 is 1.43 bits per heavy atom. The molecule has 0 aliphatic carbocycles. The maximum Gasteiger partial charge on any atom is 0.165 e. The van der Waals surface area contributed by atoms with E-state index in [0.717, 1.165) is 0 Å². The van der Waals surface area contributed by atoms with Crippen molar-refractivity contribution in [3.05, 3.63) is 29.0 Å². The van der Waals surface area contributed by atoms with Crippen LogP contribution in [-0.2, 0) is 6.42 Å². The number of furan rings is 1. The smallest absolute Gasteiger partial charge is 0.165 e. The van der Waals surface area contributed by atoms with Gasteiger partial charge < -0.3 is 15.3 Å². The Morgan fingerprint density at radius 2 is 2.21 bits per heavy atom. The fourth-order valence-corrected chi connectivity index (χ4v) is 1.63. The number of halogens is 1. The molecule has 0 aliphatic rings. The van der Waals surface area contributed by atoms with Crippen molar-refractivity contribution in [1.29, 1.82) is 0 Å². The zero-order valence-electron chi connectivity index (χ0n) is 7.46. The van der Waals surface area contributed by atoms with Crippen molar-refractivity contribution in [2.45, 2.75) is 6.42 Å². The fraction of sp³-hybridized carbons (Fsp3) is 0.200. The van der Waals surface area contributed by atoms with E-state index in [4.69, 9.17) is 21.8 Å². The van der Waals surface area contributed by atoms with Crippen molar-refractivity contribution in [1.82, 2.24) is 0 Å². The molecule has 3 N–H and O–H groups in total. The van der Waals surface area contributed by atoms with E-state index in [9.17, 15) is 5.11 Å². The second-order valence-corrected chi connectivity index (χ2v) is 3.44. The number of aromatic hydroxyl groups is 1. The summed E-state index contributed by atoms with van der Waals surface area (Å²) >= 11 is 5.91. The summed E-state index contributed by atoms with van der Waals surface area (Å²) in [5.74, 6) is 0.642. The van der Waals surface area contributed by atoms with E-state index in [1.165, 1.54) is 0 Å². The van der Waals surface area contributed by atoms with Gasteiger partial charge >= 0.3 is 0 Å². The summed E-state index contributed by atoms with van der Waals surface area (Å²) in [5, 5.41) is 10.9. The molecule has 0 aliphatic heterocycles. The Hall–Kier alpha value is -1.19. The number of fused-ring (bicyclic) bond motifs is 1. The summed E-state index contributed by atoms with van der Waals surface area (Å²) in [4.78, 5) is 0. The number of hydrogen-bond acceptors (Lipinski definition) is 3. The van der Waals surface area contributed by atoms with Gasteiger partial charge in [-0.1, -0.05) is 17.7 Å². The van der Waals surface area contributed by atoms with Crippen LogP contribution in [0.5, 0.6) is 5.75 Å². The van der Waals surface area contributed by atoms with Crippen LogP contribution in [0.25, 0.3) is 11.0 Å². The summed E-state index contributed by atoms with van der Waals surface area (Å²) in [6.07, 6.45) is 0.511. The standard InChI is InChI=1S/C10H10ClNO2/c11-7-3-1-2-6-9(13)8(4-5-12)14-10(6)7/h1-3,13H,4-5,12H2. The van der Waals surface area contributed by atoms with Crippen LogP contribution in [-0.4, -0.2) is 11.7 Å². The van der Waals surface area contributed by atoms with Crippen molar-refractivity contribution >= 4 is 22.6 Å². The highest BCUT2D eigenvalue weighted by Gasteiger charge is 2.13. The van der Waals surface area contributed by atoms with Gasteiger partial charge in [-0.3, -0.25) is 0 Å². The highest BCUT2D eigenvalue weighted by molar-refractivity contribution is 6.35. The Kier molecular flexibility index (Phi) is 2.35.